The molecule has 10 heteroatoms. The van der Waals surface area contributed by atoms with E-state index in [2.05, 4.69) is 22.3 Å². The molecule has 0 saturated heterocycles. The molecule has 8 nitrogen and oxygen atoms in total. The van der Waals surface area contributed by atoms with Gasteiger partial charge in [0.25, 0.3) is 5.91 Å². The van der Waals surface area contributed by atoms with Gasteiger partial charge in [-0.1, -0.05) is 45.4 Å². The van der Waals surface area contributed by atoms with Gasteiger partial charge in [0.05, 0.1) is 10.4 Å². The smallest absolute Gasteiger partial charge is 0.251 e. The molecule has 0 bridgehead atoms. The number of rotatable bonds is 7. The van der Waals surface area contributed by atoms with Crippen LogP contribution in [0.3, 0.4) is 0 Å². The van der Waals surface area contributed by atoms with Crippen molar-refractivity contribution in [2.45, 2.75) is 56.4 Å². The van der Waals surface area contributed by atoms with Gasteiger partial charge in [-0.15, -0.1) is 11.3 Å². The number of thiazole rings is 1. The van der Waals surface area contributed by atoms with Crippen molar-refractivity contribution in [2.24, 2.45) is 11.8 Å². The van der Waals surface area contributed by atoms with Crippen LogP contribution < -0.4 is 11.1 Å². The summed E-state index contributed by atoms with van der Waals surface area (Å²) < 4.78 is 25.7. The molecule has 32 heavy (non-hydrogen) atoms. The fraction of sp³-hybridized carbons (Fsp3) is 0.500. The van der Waals surface area contributed by atoms with Crippen molar-refractivity contribution < 1.29 is 13.2 Å². The number of carbonyl (C=O) groups excluding carboxylic acids is 1. The second kappa shape index (κ2) is 9.19. The molecule has 172 valence electrons. The number of fused-ring (bicyclic) bond motifs is 1. The molecule has 0 aliphatic heterocycles. The van der Waals surface area contributed by atoms with Gasteiger partial charge in [0.2, 0.25) is 0 Å². The lowest BCUT2D eigenvalue weighted by Gasteiger charge is -2.35. The minimum atomic E-state index is -3.39. The number of benzene rings is 1. The molecule has 1 aromatic carbocycles. The molecule has 1 fully saturated rings. The number of amides is 1. The molecule has 0 radical (unpaired) electrons. The molecule has 3 aromatic rings. The number of aromatic nitrogens is 3. The predicted octanol–water partition coefficient (Wildman–Crippen LogP) is 4.26. The number of nitrogens with two attached hydrogens (primary N) is 1. The van der Waals surface area contributed by atoms with Crippen molar-refractivity contribution in [2.75, 3.05) is 17.3 Å². The van der Waals surface area contributed by atoms with Crippen LogP contribution in [0.4, 0.5) is 10.9 Å². The first kappa shape index (κ1) is 22.7. The van der Waals surface area contributed by atoms with E-state index in [4.69, 9.17) is 5.73 Å². The normalized spacial score (nSPS) is 17.3. The SMILES string of the molecule is CCC(C1CCCCC1)C(C(=O)Nc1nccs1)n1nc2ccc(S(C)(=O)=O)cc2c1N. The molecule has 1 saturated carbocycles. The average Bonchev–Trinajstić information content (AvgIpc) is 3.39. The first-order valence-electron chi connectivity index (χ1n) is 11.0. The Morgan fingerprint density at radius 1 is 1.31 bits per heavy atom. The van der Waals surface area contributed by atoms with Gasteiger partial charge in [-0.25, -0.2) is 18.1 Å². The molecule has 1 amide bonds. The average molecular weight is 476 g/mol. The summed E-state index contributed by atoms with van der Waals surface area (Å²) in [5.41, 5.74) is 7.07. The zero-order valence-electron chi connectivity index (χ0n) is 18.3. The molecule has 3 N–H and O–H groups in total. The first-order chi connectivity index (χ1) is 15.3. The van der Waals surface area contributed by atoms with Gasteiger partial charge in [-0.05, 0) is 30.0 Å². The van der Waals surface area contributed by atoms with Gasteiger partial charge in [0.1, 0.15) is 11.9 Å². The number of sulfone groups is 1. The maximum atomic E-state index is 13.6. The van der Waals surface area contributed by atoms with E-state index in [9.17, 15) is 13.2 Å². The predicted molar refractivity (Wildman–Crippen MR) is 127 cm³/mol. The van der Waals surface area contributed by atoms with E-state index in [1.54, 1.807) is 23.0 Å². The van der Waals surface area contributed by atoms with E-state index in [-0.39, 0.29) is 16.7 Å². The van der Waals surface area contributed by atoms with Crippen molar-refractivity contribution >= 4 is 48.9 Å². The molecule has 4 rings (SSSR count). The summed E-state index contributed by atoms with van der Waals surface area (Å²) in [5, 5.41) is 10.5. The number of carbonyl (C=O) groups is 1. The minimum Gasteiger partial charge on any atom is -0.383 e. The second-order valence-electron chi connectivity index (χ2n) is 8.52. The summed E-state index contributed by atoms with van der Waals surface area (Å²) in [6.45, 7) is 2.10. The van der Waals surface area contributed by atoms with Crippen LogP contribution in [0.5, 0.6) is 0 Å². The van der Waals surface area contributed by atoms with Gasteiger partial charge in [0.15, 0.2) is 15.0 Å². The summed E-state index contributed by atoms with van der Waals surface area (Å²) in [6, 6.07) is 4.11. The van der Waals surface area contributed by atoms with Crippen LogP contribution in [-0.4, -0.2) is 35.3 Å². The second-order valence-corrected chi connectivity index (χ2v) is 11.4. The van der Waals surface area contributed by atoms with E-state index < -0.39 is 15.9 Å². The number of hydrogen-bond donors (Lipinski definition) is 2. The number of nitrogens with zero attached hydrogens (tertiary/aromatic N) is 3. The summed E-state index contributed by atoms with van der Waals surface area (Å²) in [5.74, 6) is 0.569. The highest BCUT2D eigenvalue weighted by Crippen LogP contribution is 2.40. The van der Waals surface area contributed by atoms with E-state index in [0.29, 0.717) is 27.8 Å². The number of nitrogen functional groups attached to an aromatic ring is 1. The molecular weight excluding hydrogens is 446 g/mol. The Morgan fingerprint density at radius 3 is 2.69 bits per heavy atom. The Hall–Kier alpha value is -2.46. The van der Waals surface area contributed by atoms with Crippen LogP contribution in [0, 0.1) is 11.8 Å². The minimum absolute atomic E-state index is 0.0567. The topological polar surface area (TPSA) is 120 Å². The van der Waals surface area contributed by atoms with Crippen molar-refractivity contribution in [1.29, 1.82) is 0 Å². The van der Waals surface area contributed by atoms with Gasteiger partial charge in [-0.3, -0.25) is 4.79 Å². The van der Waals surface area contributed by atoms with Crippen LogP contribution in [-0.2, 0) is 14.6 Å². The van der Waals surface area contributed by atoms with Crippen molar-refractivity contribution in [3.8, 4) is 0 Å². The van der Waals surface area contributed by atoms with E-state index in [1.807, 2.05) is 5.38 Å². The lowest BCUT2D eigenvalue weighted by atomic mass is 9.75. The Balaban J connectivity index is 1.80. The van der Waals surface area contributed by atoms with Gasteiger partial charge < -0.3 is 11.1 Å². The zero-order valence-corrected chi connectivity index (χ0v) is 20.0. The number of anilines is 2. The Kier molecular flexibility index (Phi) is 6.52. The molecule has 2 heterocycles. The van der Waals surface area contributed by atoms with Crippen LogP contribution in [0.1, 0.15) is 51.5 Å². The Morgan fingerprint density at radius 2 is 2.06 bits per heavy atom. The standard InChI is InChI=1S/C22H29N5O3S2/c1-3-16(14-7-5-4-6-8-14)19(21(28)25-22-24-11-12-31-22)27-20(23)17-13-15(32(2,29)30)9-10-18(17)26-27/h9-14,16,19H,3-8,23H2,1-2H3,(H,24,25,28). The summed E-state index contributed by atoms with van der Waals surface area (Å²) in [7, 11) is -3.39. The maximum Gasteiger partial charge on any atom is 0.251 e. The summed E-state index contributed by atoms with van der Waals surface area (Å²) in [4.78, 5) is 17.9. The molecule has 0 spiro atoms. The van der Waals surface area contributed by atoms with Crippen LogP contribution in [0.2, 0.25) is 0 Å². The Labute approximate surface area is 192 Å². The molecular formula is C22H29N5O3S2. The monoisotopic (exact) mass is 475 g/mol. The van der Waals surface area contributed by atoms with Crippen LogP contribution >= 0.6 is 11.3 Å². The molecule has 1 aliphatic rings. The highest BCUT2D eigenvalue weighted by Gasteiger charge is 2.37. The van der Waals surface area contributed by atoms with E-state index in [0.717, 1.165) is 38.4 Å². The first-order valence-corrected chi connectivity index (χ1v) is 13.7. The van der Waals surface area contributed by atoms with Gasteiger partial charge in [-0.2, -0.15) is 5.10 Å². The zero-order chi connectivity index (χ0) is 22.9. The fourth-order valence-electron chi connectivity index (χ4n) is 4.87. The molecule has 2 unspecified atom stereocenters. The summed E-state index contributed by atoms with van der Waals surface area (Å²) in [6.07, 6.45) is 9.34. The summed E-state index contributed by atoms with van der Waals surface area (Å²) >= 11 is 1.36. The van der Waals surface area contributed by atoms with Crippen LogP contribution in [0.25, 0.3) is 10.9 Å². The fourth-order valence-corrected chi connectivity index (χ4v) is 6.05. The lowest BCUT2D eigenvalue weighted by molar-refractivity contribution is -0.122. The molecule has 1 aliphatic carbocycles. The highest BCUT2D eigenvalue weighted by molar-refractivity contribution is 7.90. The van der Waals surface area contributed by atoms with E-state index in [1.165, 1.54) is 23.8 Å². The van der Waals surface area contributed by atoms with Crippen molar-refractivity contribution in [3.63, 3.8) is 0 Å². The third kappa shape index (κ3) is 4.52. The number of hydrogen-bond acceptors (Lipinski definition) is 7. The maximum absolute atomic E-state index is 13.6. The van der Waals surface area contributed by atoms with Crippen molar-refractivity contribution in [3.05, 3.63) is 29.8 Å². The van der Waals surface area contributed by atoms with Gasteiger partial charge >= 0.3 is 0 Å². The lowest BCUT2D eigenvalue weighted by Crippen LogP contribution is -2.37. The third-order valence-corrected chi connectivity index (χ3v) is 8.26. The highest BCUT2D eigenvalue weighted by atomic mass is 32.2. The Bertz CT molecular complexity index is 1200. The van der Waals surface area contributed by atoms with E-state index >= 15 is 0 Å². The van der Waals surface area contributed by atoms with Crippen LogP contribution in [0.15, 0.2) is 34.7 Å². The third-order valence-electron chi connectivity index (χ3n) is 6.46. The van der Waals surface area contributed by atoms with Crippen molar-refractivity contribution in [1.82, 2.24) is 14.8 Å². The molecule has 2 atom stereocenters. The van der Waals surface area contributed by atoms with Gasteiger partial charge in [0, 0.05) is 23.2 Å². The molecule has 2 aromatic heterocycles. The number of nitrogens with one attached hydrogen (secondary N) is 1. The quantitative estimate of drug-likeness (QED) is 0.527. The largest absolute Gasteiger partial charge is 0.383 e.